The van der Waals surface area contributed by atoms with E-state index >= 15 is 0 Å². The number of amides is 1. The Balaban J connectivity index is 1.90. The number of thioether (sulfide) groups is 1. The van der Waals surface area contributed by atoms with Crippen LogP contribution in [-0.4, -0.2) is 42.9 Å². The number of nitrogens with zero attached hydrogens (tertiary/aromatic N) is 1. The fraction of sp³-hybridized carbons (Fsp3) is 0.462. The molecule has 0 aliphatic carbocycles. The first kappa shape index (κ1) is 13.2. The number of hydrogen-bond acceptors (Lipinski definition) is 4. The van der Waals surface area contributed by atoms with Gasteiger partial charge in [-0.2, -0.15) is 0 Å². The maximum absolute atomic E-state index is 12.0. The molecule has 2 rings (SSSR count). The van der Waals surface area contributed by atoms with Gasteiger partial charge in [0.05, 0.1) is 19.0 Å². The first-order chi connectivity index (χ1) is 8.68. The lowest BCUT2D eigenvalue weighted by Crippen LogP contribution is -2.41. The van der Waals surface area contributed by atoms with Crippen molar-refractivity contribution in [1.82, 2.24) is 4.90 Å². The largest absolute Gasteiger partial charge is 0.398 e. The number of rotatable bonds is 3. The molecule has 1 aliphatic rings. The molecule has 0 radical (unpaired) electrons. The smallest absolute Gasteiger partial charge is 0.233 e. The van der Waals surface area contributed by atoms with Crippen LogP contribution in [0.25, 0.3) is 0 Å². The fourth-order valence-corrected chi connectivity index (χ4v) is 2.80. The fourth-order valence-electron chi connectivity index (χ4n) is 1.83. The van der Waals surface area contributed by atoms with Gasteiger partial charge in [-0.05, 0) is 24.6 Å². The molecule has 4 nitrogen and oxygen atoms in total. The average molecular weight is 266 g/mol. The van der Waals surface area contributed by atoms with Crippen LogP contribution in [0, 0.1) is 6.92 Å². The number of carbonyl (C=O) groups excluding carboxylic acids is 1. The van der Waals surface area contributed by atoms with Crippen molar-refractivity contribution < 1.29 is 9.53 Å². The summed E-state index contributed by atoms with van der Waals surface area (Å²) in [4.78, 5) is 14.9. The lowest BCUT2D eigenvalue weighted by atomic mass is 10.2. The van der Waals surface area contributed by atoms with E-state index in [1.165, 1.54) is 0 Å². The summed E-state index contributed by atoms with van der Waals surface area (Å²) in [5, 5.41) is 0. The quantitative estimate of drug-likeness (QED) is 0.666. The van der Waals surface area contributed by atoms with Crippen LogP contribution in [0.4, 0.5) is 5.69 Å². The maximum atomic E-state index is 12.0. The maximum Gasteiger partial charge on any atom is 0.233 e. The first-order valence-electron chi connectivity index (χ1n) is 6.02. The van der Waals surface area contributed by atoms with Gasteiger partial charge in [0, 0.05) is 23.7 Å². The van der Waals surface area contributed by atoms with Crippen LogP contribution in [0.1, 0.15) is 5.56 Å². The van der Waals surface area contributed by atoms with E-state index in [2.05, 4.69) is 0 Å². The predicted octanol–water partition coefficient (Wildman–Crippen LogP) is 1.53. The molecule has 2 N–H and O–H groups in total. The topological polar surface area (TPSA) is 55.6 Å². The van der Waals surface area contributed by atoms with Crippen LogP contribution in [0.2, 0.25) is 0 Å². The second-order valence-electron chi connectivity index (χ2n) is 4.25. The summed E-state index contributed by atoms with van der Waals surface area (Å²) in [6.07, 6.45) is 0. The summed E-state index contributed by atoms with van der Waals surface area (Å²) in [6.45, 7) is 4.68. The number of carbonyl (C=O) groups is 1. The van der Waals surface area contributed by atoms with Crippen molar-refractivity contribution in [2.45, 2.75) is 11.8 Å². The van der Waals surface area contributed by atoms with Crippen molar-refractivity contribution >= 4 is 23.4 Å². The van der Waals surface area contributed by atoms with E-state index in [-0.39, 0.29) is 5.91 Å². The van der Waals surface area contributed by atoms with Crippen molar-refractivity contribution in [3.05, 3.63) is 23.8 Å². The first-order valence-corrected chi connectivity index (χ1v) is 7.00. The molecule has 1 saturated heterocycles. The Morgan fingerprint density at radius 2 is 2.17 bits per heavy atom. The van der Waals surface area contributed by atoms with Gasteiger partial charge in [0.15, 0.2) is 0 Å². The van der Waals surface area contributed by atoms with Crippen LogP contribution in [-0.2, 0) is 9.53 Å². The van der Waals surface area contributed by atoms with E-state index in [9.17, 15) is 4.79 Å². The Bertz CT molecular complexity index is 431. The van der Waals surface area contributed by atoms with Crippen LogP contribution >= 0.6 is 11.8 Å². The van der Waals surface area contributed by atoms with Gasteiger partial charge in [0.2, 0.25) is 5.91 Å². The molecular weight excluding hydrogens is 248 g/mol. The van der Waals surface area contributed by atoms with Crippen molar-refractivity contribution in [3.8, 4) is 0 Å². The number of nitrogen functional groups attached to an aromatic ring is 1. The lowest BCUT2D eigenvalue weighted by molar-refractivity contribution is -0.132. The van der Waals surface area contributed by atoms with Gasteiger partial charge in [-0.25, -0.2) is 0 Å². The van der Waals surface area contributed by atoms with Gasteiger partial charge in [0.1, 0.15) is 0 Å². The highest BCUT2D eigenvalue weighted by Crippen LogP contribution is 2.26. The standard InChI is InChI=1S/C13H18N2O2S/c1-10-11(14)3-2-4-12(10)18-9-13(16)15-5-7-17-8-6-15/h2-4H,5-9,14H2,1H3. The third kappa shape index (κ3) is 3.17. The number of anilines is 1. The minimum absolute atomic E-state index is 0.171. The minimum atomic E-state index is 0.171. The zero-order valence-corrected chi connectivity index (χ0v) is 11.3. The van der Waals surface area contributed by atoms with Crippen LogP contribution in [0.15, 0.2) is 23.1 Å². The van der Waals surface area contributed by atoms with Gasteiger partial charge in [0.25, 0.3) is 0 Å². The molecule has 0 atom stereocenters. The number of ether oxygens (including phenoxy) is 1. The van der Waals surface area contributed by atoms with E-state index in [1.807, 2.05) is 30.0 Å². The van der Waals surface area contributed by atoms with Gasteiger partial charge < -0.3 is 15.4 Å². The average Bonchev–Trinajstić information content (AvgIpc) is 2.41. The highest BCUT2D eigenvalue weighted by atomic mass is 32.2. The van der Waals surface area contributed by atoms with Gasteiger partial charge in [-0.1, -0.05) is 6.07 Å². The minimum Gasteiger partial charge on any atom is -0.398 e. The molecule has 1 heterocycles. The van der Waals surface area contributed by atoms with E-state index in [0.29, 0.717) is 32.1 Å². The predicted molar refractivity (Wildman–Crippen MR) is 73.7 cm³/mol. The highest BCUT2D eigenvalue weighted by Gasteiger charge is 2.17. The molecule has 0 spiro atoms. The molecule has 0 bridgehead atoms. The normalized spacial score (nSPS) is 15.7. The number of benzene rings is 1. The third-order valence-corrected chi connectivity index (χ3v) is 4.19. The highest BCUT2D eigenvalue weighted by molar-refractivity contribution is 8.00. The lowest BCUT2D eigenvalue weighted by Gasteiger charge is -2.26. The monoisotopic (exact) mass is 266 g/mol. The van der Waals surface area contributed by atoms with E-state index < -0.39 is 0 Å². The van der Waals surface area contributed by atoms with Gasteiger partial charge >= 0.3 is 0 Å². The zero-order chi connectivity index (χ0) is 13.0. The molecule has 0 saturated carbocycles. The molecule has 18 heavy (non-hydrogen) atoms. The van der Waals surface area contributed by atoms with E-state index in [0.717, 1.165) is 16.1 Å². The van der Waals surface area contributed by atoms with Crippen molar-refractivity contribution in [2.24, 2.45) is 0 Å². The molecule has 0 unspecified atom stereocenters. The Hall–Kier alpha value is -1.20. The Kier molecular flexibility index (Phi) is 4.49. The third-order valence-electron chi connectivity index (χ3n) is 3.04. The Morgan fingerprint density at radius 3 is 2.89 bits per heavy atom. The molecule has 1 aromatic carbocycles. The summed E-state index contributed by atoms with van der Waals surface area (Å²) < 4.78 is 5.23. The van der Waals surface area contributed by atoms with E-state index in [4.69, 9.17) is 10.5 Å². The summed E-state index contributed by atoms with van der Waals surface area (Å²) in [7, 11) is 0. The molecule has 98 valence electrons. The molecule has 1 amide bonds. The summed E-state index contributed by atoms with van der Waals surface area (Å²) in [5.41, 5.74) is 7.67. The van der Waals surface area contributed by atoms with Crippen molar-refractivity contribution in [3.63, 3.8) is 0 Å². The summed E-state index contributed by atoms with van der Waals surface area (Å²) in [5.74, 6) is 0.634. The van der Waals surface area contributed by atoms with Crippen LogP contribution in [0.5, 0.6) is 0 Å². The summed E-state index contributed by atoms with van der Waals surface area (Å²) >= 11 is 1.55. The van der Waals surface area contributed by atoms with Gasteiger partial charge in [-0.15, -0.1) is 11.8 Å². The Morgan fingerprint density at radius 1 is 1.44 bits per heavy atom. The van der Waals surface area contributed by atoms with Crippen LogP contribution in [0.3, 0.4) is 0 Å². The second-order valence-corrected chi connectivity index (χ2v) is 5.27. The second kappa shape index (κ2) is 6.11. The van der Waals surface area contributed by atoms with Crippen molar-refractivity contribution in [1.29, 1.82) is 0 Å². The molecule has 5 heteroatoms. The molecular formula is C13H18N2O2S. The zero-order valence-electron chi connectivity index (χ0n) is 10.5. The van der Waals surface area contributed by atoms with Gasteiger partial charge in [-0.3, -0.25) is 4.79 Å². The molecule has 1 aromatic rings. The number of nitrogens with two attached hydrogens (primary N) is 1. The Labute approximate surface area is 111 Å². The molecule has 1 aliphatic heterocycles. The summed E-state index contributed by atoms with van der Waals surface area (Å²) in [6, 6.07) is 5.80. The SMILES string of the molecule is Cc1c(N)cccc1SCC(=O)N1CCOCC1. The number of morpholine rings is 1. The molecule has 1 fully saturated rings. The van der Waals surface area contributed by atoms with Crippen LogP contribution < -0.4 is 5.73 Å². The number of hydrogen-bond donors (Lipinski definition) is 1. The molecule has 0 aromatic heterocycles. The van der Waals surface area contributed by atoms with Crippen molar-refractivity contribution in [2.75, 3.05) is 37.8 Å². The van der Waals surface area contributed by atoms with E-state index in [1.54, 1.807) is 11.8 Å².